The van der Waals surface area contributed by atoms with Crippen LogP contribution in [0, 0.1) is 0 Å². The van der Waals surface area contributed by atoms with E-state index in [1.54, 1.807) is 0 Å². The molecule has 0 aromatic heterocycles. The summed E-state index contributed by atoms with van der Waals surface area (Å²) in [7, 11) is 0. The van der Waals surface area contributed by atoms with Crippen LogP contribution in [0.1, 0.15) is 29.1 Å². The van der Waals surface area contributed by atoms with Gasteiger partial charge in [-0.05, 0) is 57.6 Å². The lowest BCUT2D eigenvalue weighted by atomic mass is 9.67. The highest BCUT2D eigenvalue weighted by Crippen LogP contribution is 2.56. The molecule has 32 heavy (non-hydrogen) atoms. The predicted molar refractivity (Wildman–Crippen MR) is 133 cm³/mol. The average molecular weight is 415 g/mol. The average Bonchev–Trinajstić information content (AvgIpc) is 3.25. The molecule has 0 bridgehead atoms. The molecule has 0 heterocycles. The van der Waals surface area contributed by atoms with Crippen molar-refractivity contribution in [3.05, 3.63) is 156 Å². The SMILES string of the molecule is [2H]c1c([2H])c([2H])c(Nc2cccc(C3(c4ccccc4)c4ccccc4-c4ccccc43)c2)c([2H])c1[2H]. The molecule has 0 unspecified atom stereocenters. The summed E-state index contributed by atoms with van der Waals surface area (Å²) in [5, 5.41) is 3.13. The Bertz CT molecular complexity index is 1590. The highest BCUT2D eigenvalue weighted by atomic mass is 14.9. The van der Waals surface area contributed by atoms with E-state index in [0.717, 1.165) is 11.1 Å². The normalized spacial score (nSPS) is 15.4. The maximum Gasteiger partial charge on any atom is 0.0714 e. The van der Waals surface area contributed by atoms with Crippen LogP contribution in [0.2, 0.25) is 0 Å². The maximum absolute atomic E-state index is 8.34. The molecule has 0 saturated carbocycles. The Morgan fingerprint density at radius 2 is 1.12 bits per heavy atom. The number of nitrogens with one attached hydrogen (secondary N) is 1. The van der Waals surface area contributed by atoms with Gasteiger partial charge in [-0.15, -0.1) is 0 Å². The van der Waals surface area contributed by atoms with Crippen molar-refractivity contribution in [2.24, 2.45) is 0 Å². The molecule has 5 aromatic rings. The van der Waals surface area contributed by atoms with E-state index >= 15 is 0 Å². The number of hydrogen-bond acceptors (Lipinski definition) is 1. The fourth-order valence-corrected chi connectivity index (χ4v) is 5.00. The first-order chi connectivity index (χ1) is 17.9. The van der Waals surface area contributed by atoms with Gasteiger partial charge in [-0.3, -0.25) is 0 Å². The van der Waals surface area contributed by atoms with Crippen LogP contribution in [-0.4, -0.2) is 0 Å². The van der Waals surface area contributed by atoms with Crippen LogP contribution in [0.4, 0.5) is 11.4 Å². The molecule has 0 saturated heterocycles. The summed E-state index contributed by atoms with van der Waals surface area (Å²) >= 11 is 0. The van der Waals surface area contributed by atoms with E-state index in [1.165, 1.54) is 22.3 Å². The minimum absolute atomic E-state index is 0.0594. The van der Waals surface area contributed by atoms with E-state index in [9.17, 15) is 0 Å². The second kappa shape index (κ2) is 7.55. The topological polar surface area (TPSA) is 12.0 Å². The largest absolute Gasteiger partial charge is 0.356 e. The molecule has 1 heteroatoms. The van der Waals surface area contributed by atoms with Crippen LogP contribution in [0.15, 0.2) is 133 Å². The summed E-state index contributed by atoms with van der Waals surface area (Å²) in [6.45, 7) is 0. The van der Waals surface area contributed by atoms with Crippen molar-refractivity contribution in [3.63, 3.8) is 0 Å². The molecule has 0 aliphatic heterocycles. The lowest BCUT2D eigenvalue weighted by Crippen LogP contribution is -2.28. The standard InChI is InChI=1S/C31H23N/c1-3-12-23(13-4-1)31(24-14-11-17-26(22-24)32-25-15-5-2-6-16-25)29-20-9-7-18-27(29)28-19-8-10-21-30(28)31/h1-22,32H/i2D,5D,6D,15D,16D. The molecule has 6 rings (SSSR count). The summed E-state index contributed by atoms with van der Waals surface area (Å²) in [5.41, 5.74) is 7.02. The number of benzene rings is 5. The monoisotopic (exact) mass is 414 g/mol. The van der Waals surface area contributed by atoms with E-state index in [0.29, 0.717) is 5.69 Å². The van der Waals surface area contributed by atoms with Gasteiger partial charge in [0.15, 0.2) is 0 Å². The van der Waals surface area contributed by atoms with E-state index in [1.807, 2.05) is 24.3 Å². The number of hydrogen-bond donors (Lipinski definition) is 1. The van der Waals surface area contributed by atoms with Gasteiger partial charge >= 0.3 is 0 Å². The lowest BCUT2D eigenvalue weighted by Gasteiger charge is -2.34. The van der Waals surface area contributed by atoms with E-state index in [-0.39, 0.29) is 29.9 Å². The maximum atomic E-state index is 8.34. The van der Waals surface area contributed by atoms with E-state index in [4.69, 9.17) is 6.85 Å². The van der Waals surface area contributed by atoms with Gasteiger partial charge in [0.25, 0.3) is 0 Å². The van der Waals surface area contributed by atoms with Gasteiger partial charge in [0.1, 0.15) is 0 Å². The number of anilines is 2. The number of rotatable bonds is 4. The van der Waals surface area contributed by atoms with Gasteiger partial charge in [0.2, 0.25) is 0 Å². The summed E-state index contributed by atoms with van der Waals surface area (Å²) in [6, 6.07) is 33.6. The first-order valence-electron chi connectivity index (χ1n) is 13.1. The van der Waals surface area contributed by atoms with Gasteiger partial charge in [-0.25, -0.2) is 0 Å². The third-order valence-electron chi connectivity index (χ3n) is 6.22. The second-order valence-corrected chi connectivity index (χ2v) is 7.91. The zero-order valence-electron chi connectivity index (χ0n) is 22.3. The molecule has 1 N–H and O–H groups in total. The minimum Gasteiger partial charge on any atom is -0.356 e. The second-order valence-electron chi connectivity index (χ2n) is 7.91. The molecule has 5 aromatic carbocycles. The quantitative estimate of drug-likeness (QED) is 0.310. The third-order valence-corrected chi connectivity index (χ3v) is 6.22. The van der Waals surface area contributed by atoms with Gasteiger partial charge in [-0.2, -0.15) is 0 Å². The number of para-hydroxylation sites is 1. The molecule has 1 aliphatic carbocycles. The summed E-state index contributed by atoms with van der Waals surface area (Å²) < 4.78 is 40.6. The van der Waals surface area contributed by atoms with Crippen LogP contribution in [0.3, 0.4) is 0 Å². The van der Waals surface area contributed by atoms with Crippen LogP contribution in [-0.2, 0) is 5.41 Å². The molecule has 0 fully saturated rings. The van der Waals surface area contributed by atoms with Crippen LogP contribution >= 0.6 is 0 Å². The van der Waals surface area contributed by atoms with Crippen LogP contribution < -0.4 is 5.32 Å². The highest BCUT2D eigenvalue weighted by molar-refractivity contribution is 5.86. The smallest absolute Gasteiger partial charge is 0.0714 e. The van der Waals surface area contributed by atoms with Gasteiger partial charge in [0, 0.05) is 11.4 Å². The van der Waals surface area contributed by atoms with Gasteiger partial charge < -0.3 is 5.32 Å². The first kappa shape index (κ1) is 14.1. The Morgan fingerprint density at radius 3 is 1.81 bits per heavy atom. The van der Waals surface area contributed by atoms with Crippen LogP contribution in [0.5, 0.6) is 0 Å². The van der Waals surface area contributed by atoms with Gasteiger partial charge in [-0.1, -0.05) is 109 Å². The molecular formula is C31H23N. The van der Waals surface area contributed by atoms with E-state index < -0.39 is 11.5 Å². The van der Waals surface area contributed by atoms with Crippen molar-refractivity contribution >= 4 is 11.4 Å². The third kappa shape index (κ3) is 2.79. The highest BCUT2D eigenvalue weighted by Gasteiger charge is 2.45. The zero-order chi connectivity index (χ0) is 25.7. The van der Waals surface area contributed by atoms with Crippen LogP contribution in [0.25, 0.3) is 11.1 Å². The minimum atomic E-state index is -0.577. The molecule has 0 radical (unpaired) electrons. The fraction of sp³-hybridized carbons (Fsp3) is 0.0323. The Hall–Kier alpha value is -4.10. The van der Waals surface area contributed by atoms with E-state index in [2.05, 4.69) is 84.2 Å². The number of fused-ring (bicyclic) bond motifs is 3. The van der Waals surface area contributed by atoms with Crippen molar-refractivity contribution in [2.45, 2.75) is 5.41 Å². The Balaban J connectivity index is 1.60. The lowest BCUT2D eigenvalue weighted by molar-refractivity contribution is 0.769. The summed E-state index contributed by atoms with van der Waals surface area (Å²) in [5.74, 6) is 0. The zero-order valence-corrected chi connectivity index (χ0v) is 17.3. The van der Waals surface area contributed by atoms with Crippen molar-refractivity contribution in [1.82, 2.24) is 0 Å². The Kier molecular flexibility index (Phi) is 3.31. The van der Waals surface area contributed by atoms with Crippen molar-refractivity contribution in [3.8, 4) is 11.1 Å². The first-order valence-corrected chi connectivity index (χ1v) is 10.6. The van der Waals surface area contributed by atoms with Crippen molar-refractivity contribution < 1.29 is 6.85 Å². The Labute approximate surface area is 196 Å². The molecule has 152 valence electrons. The Morgan fingerprint density at radius 1 is 0.531 bits per heavy atom. The molecule has 1 aliphatic rings. The fourth-order valence-electron chi connectivity index (χ4n) is 5.00. The summed E-state index contributed by atoms with van der Waals surface area (Å²) in [6.07, 6.45) is 0. The molecule has 0 amide bonds. The van der Waals surface area contributed by atoms with Crippen molar-refractivity contribution in [1.29, 1.82) is 0 Å². The molecular weight excluding hydrogens is 386 g/mol. The molecule has 0 spiro atoms. The summed E-state index contributed by atoms with van der Waals surface area (Å²) in [4.78, 5) is 0. The van der Waals surface area contributed by atoms with Gasteiger partial charge in [0.05, 0.1) is 12.3 Å². The molecule has 1 nitrogen and oxygen atoms in total. The predicted octanol–water partition coefficient (Wildman–Crippen LogP) is 7.79. The molecule has 0 atom stereocenters. The van der Waals surface area contributed by atoms with Crippen molar-refractivity contribution in [2.75, 3.05) is 5.32 Å².